The maximum Gasteiger partial charge on any atom is 0.341 e. The molecule has 0 saturated heterocycles. The Bertz CT molecular complexity index is 840. The molecule has 130 valence electrons. The maximum absolute atomic E-state index is 12.1. The number of esters is 1. The van der Waals surface area contributed by atoms with E-state index in [1.54, 1.807) is 24.3 Å². The number of anilines is 2. The van der Waals surface area contributed by atoms with E-state index in [1.807, 2.05) is 0 Å². The summed E-state index contributed by atoms with van der Waals surface area (Å²) in [4.78, 5) is 34.2. The van der Waals surface area contributed by atoms with Crippen molar-refractivity contribution >= 4 is 40.5 Å². The third kappa shape index (κ3) is 4.45. The smallest absolute Gasteiger partial charge is 0.341 e. The van der Waals surface area contributed by atoms with Crippen LogP contribution in [0.5, 0.6) is 0 Å². The number of non-ortho nitro benzene ring substituents is 1. The Kier molecular flexibility index (Phi) is 5.56. The molecule has 2 rings (SSSR count). The van der Waals surface area contributed by atoms with Gasteiger partial charge in [0.1, 0.15) is 0 Å². The quantitative estimate of drug-likeness (QED) is 0.364. The van der Waals surface area contributed by atoms with Gasteiger partial charge in [-0.15, -0.1) is 0 Å². The summed E-state index contributed by atoms with van der Waals surface area (Å²) in [5.41, 5.74) is 5.58. The summed E-state index contributed by atoms with van der Waals surface area (Å²) in [6.45, 7) is 1.38. The summed E-state index contributed by atoms with van der Waals surface area (Å²) >= 11 is 5.94. The first-order valence-corrected chi connectivity index (χ1v) is 7.47. The van der Waals surface area contributed by atoms with E-state index >= 15 is 0 Å². The van der Waals surface area contributed by atoms with Crippen LogP contribution in [0.15, 0.2) is 42.5 Å². The van der Waals surface area contributed by atoms with Crippen LogP contribution in [0.25, 0.3) is 0 Å². The normalized spacial score (nSPS) is 11.4. The molecule has 0 aliphatic carbocycles. The van der Waals surface area contributed by atoms with Crippen LogP contribution in [0.4, 0.5) is 17.1 Å². The van der Waals surface area contributed by atoms with Crippen molar-refractivity contribution in [1.29, 1.82) is 0 Å². The molecular weight excluding hydrogens is 350 g/mol. The van der Waals surface area contributed by atoms with Crippen LogP contribution in [0.2, 0.25) is 5.02 Å². The number of benzene rings is 2. The molecule has 8 nitrogen and oxygen atoms in total. The number of nitro groups is 1. The van der Waals surface area contributed by atoms with Crippen LogP contribution in [0, 0.1) is 10.1 Å². The van der Waals surface area contributed by atoms with Crippen LogP contribution in [-0.2, 0) is 9.53 Å². The number of nitrogens with one attached hydrogen (secondary N) is 1. The first-order chi connectivity index (χ1) is 11.8. The Morgan fingerprint density at radius 1 is 1.28 bits per heavy atom. The number of hydrogen-bond donors (Lipinski definition) is 2. The number of ether oxygens (including phenoxy) is 1. The average Bonchev–Trinajstić information content (AvgIpc) is 2.56. The van der Waals surface area contributed by atoms with Gasteiger partial charge in [-0.2, -0.15) is 0 Å². The highest BCUT2D eigenvalue weighted by atomic mass is 35.5. The van der Waals surface area contributed by atoms with Gasteiger partial charge in [0.05, 0.1) is 26.9 Å². The van der Waals surface area contributed by atoms with Gasteiger partial charge in [-0.05, 0) is 25.1 Å². The number of nitrogens with two attached hydrogens (primary N) is 1. The minimum absolute atomic E-state index is 0.0667. The van der Waals surface area contributed by atoms with Gasteiger partial charge in [-0.1, -0.05) is 23.7 Å². The molecule has 2 aromatic rings. The number of carbonyl (C=O) groups is 2. The second-order valence-corrected chi connectivity index (χ2v) is 5.45. The van der Waals surface area contributed by atoms with Gasteiger partial charge in [0.15, 0.2) is 6.10 Å². The van der Waals surface area contributed by atoms with Gasteiger partial charge in [0, 0.05) is 12.1 Å². The molecule has 0 aromatic heterocycles. The molecule has 0 saturated carbocycles. The van der Waals surface area contributed by atoms with Gasteiger partial charge >= 0.3 is 5.97 Å². The highest BCUT2D eigenvalue weighted by molar-refractivity contribution is 6.33. The maximum atomic E-state index is 12.1. The first kappa shape index (κ1) is 18.2. The van der Waals surface area contributed by atoms with E-state index in [1.165, 1.54) is 13.0 Å². The van der Waals surface area contributed by atoms with Crippen molar-refractivity contribution in [2.75, 3.05) is 11.1 Å². The van der Waals surface area contributed by atoms with Crippen molar-refractivity contribution in [3.63, 3.8) is 0 Å². The Labute approximate surface area is 147 Å². The third-order valence-electron chi connectivity index (χ3n) is 3.25. The van der Waals surface area contributed by atoms with Gasteiger partial charge in [-0.25, -0.2) is 4.79 Å². The Balaban J connectivity index is 2.06. The summed E-state index contributed by atoms with van der Waals surface area (Å²) < 4.78 is 5.05. The zero-order chi connectivity index (χ0) is 18.6. The number of nitrogens with zero attached hydrogens (tertiary/aromatic N) is 1. The van der Waals surface area contributed by atoms with Crippen LogP contribution in [-0.4, -0.2) is 22.9 Å². The van der Waals surface area contributed by atoms with Gasteiger partial charge < -0.3 is 15.8 Å². The zero-order valence-corrected chi connectivity index (χ0v) is 13.8. The number of hydrogen-bond acceptors (Lipinski definition) is 6. The van der Waals surface area contributed by atoms with E-state index in [-0.39, 0.29) is 16.9 Å². The lowest BCUT2D eigenvalue weighted by Crippen LogP contribution is -2.30. The van der Waals surface area contributed by atoms with E-state index in [2.05, 4.69) is 5.32 Å². The Morgan fingerprint density at radius 2 is 1.96 bits per heavy atom. The molecule has 0 radical (unpaired) electrons. The van der Waals surface area contributed by atoms with Crippen LogP contribution >= 0.6 is 11.6 Å². The summed E-state index contributed by atoms with van der Waals surface area (Å²) in [7, 11) is 0. The molecule has 0 spiro atoms. The molecule has 0 bridgehead atoms. The SMILES string of the molecule is C[C@@H](OC(=O)c1ccc([N+](=O)[O-])cc1N)C(=O)Nc1ccccc1Cl. The van der Waals surface area contributed by atoms with Crippen molar-refractivity contribution in [3.8, 4) is 0 Å². The van der Waals surface area contributed by atoms with E-state index in [9.17, 15) is 19.7 Å². The molecule has 25 heavy (non-hydrogen) atoms. The second-order valence-electron chi connectivity index (χ2n) is 5.05. The van der Waals surface area contributed by atoms with Crippen molar-refractivity contribution in [3.05, 3.63) is 63.2 Å². The summed E-state index contributed by atoms with van der Waals surface area (Å²) in [5, 5.41) is 13.6. The van der Waals surface area contributed by atoms with E-state index < -0.39 is 22.9 Å². The summed E-state index contributed by atoms with van der Waals surface area (Å²) in [6.07, 6.45) is -1.13. The number of nitro benzene ring substituents is 1. The van der Waals surface area contributed by atoms with Crippen LogP contribution in [0.1, 0.15) is 17.3 Å². The predicted octanol–water partition coefficient (Wildman–Crippen LogP) is 3.01. The lowest BCUT2D eigenvalue weighted by Gasteiger charge is -2.14. The third-order valence-corrected chi connectivity index (χ3v) is 3.58. The zero-order valence-electron chi connectivity index (χ0n) is 13.1. The van der Waals surface area contributed by atoms with Crippen LogP contribution in [0.3, 0.4) is 0 Å². The van der Waals surface area contributed by atoms with Gasteiger partial charge in [-0.3, -0.25) is 14.9 Å². The first-order valence-electron chi connectivity index (χ1n) is 7.10. The molecule has 0 fully saturated rings. The molecule has 0 aliphatic heterocycles. The van der Waals surface area contributed by atoms with Crippen molar-refractivity contribution in [2.24, 2.45) is 0 Å². The fraction of sp³-hybridized carbons (Fsp3) is 0.125. The fourth-order valence-electron chi connectivity index (χ4n) is 1.92. The second kappa shape index (κ2) is 7.63. The lowest BCUT2D eigenvalue weighted by molar-refractivity contribution is -0.384. The number of carbonyl (C=O) groups excluding carboxylic acids is 2. The number of rotatable bonds is 5. The molecule has 3 N–H and O–H groups in total. The average molecular weight is 364 g/mol. The monoisotopic (exact) mass is 363 g/mol. The summed E-state index contributed by atoms with van der Waals surface area (Å²) in [5.74, 6) is -1.45. The van der Waals surface area contributed by atoms with E-state index in [4.69, 9.17) is 22.1 Å². The molecule has 1 atom stereocenters. The van der Waals surface area contributed by atoms with Crippen molar-refractivity contribution in [1.82, 2.24) is 0 Å². The number of amides is 1. The predicted molar refractivity (Wildman–Crippen MR) is 92.5 cm³/mol. The highest BCUT2D eigenvalue weighted by Crippen LogP contribution is 2.22. The fourth-order valence-corrected chi connectivity index (χ4v) is 2.11. The number of halogens is 1. The van der Waals surface area contributed by atoms with Crippen molar-refractivity contribution < 1.29 is 19.2 Å². The minimum Gasteiger partial charge on any atom is -0.449 e. The Hall–Kier alpha value is -3.13. The van der Waals surface area contributed by atoms with Gasteiger partial charge in [0.25, 0.3) is 11.6 Å². The Morgan fingerprint density at radius 3 is 2.56 bits per heavy atom. The minimum atomic E-state index is -1.13. The van der Waals surface area contributed by atoms with E-state index in [0.29, 0.717) is 10.7 Å². The van der Waals surface area contributed by atoms with Crippen LogP contribution < -0.4 is 11.1 Å². The van der Waals surface area contributed by atoms with Gasteiger partial charge in [0.2, 0.25) is 0 Å². The largest absolute Gasteiger partial charge is 0.449 e. The number of para-hydroxylation sites is 1. The van der Waals surface area contributed by atoms with E-state index in [0.717, 1.165) is 12.1 Å². The summed E-state index contributed by atoms with van der Waals surface area (Å²) in [6, 6.07) is 9.95. The molecule has 9 heteroatoms. The lowest BCUT2D eigenvalue weighted by atomic mass is 10.1. The number of nitrogen functional groups attached to an aromatic ring is 1. The molecule has 0 unspecified atom stereocenters. The molecule has 1 amide bonds. The molecule has 2 aromatic carbocycles. The molecular formula is C16H14ClN3O5. The van der Waals surface area contributed by atoms with Crippen molar-refractivity contribution in [2.45, 2.75) is 13.0 Å². The molecule has 0 aliphatic rings. The standard InChI is InChI=1S/C16H14ClN3O5/c1-9(15(21)19-14-5-3-2-4-12(14)17)25-16(22)11-7-6-10(20(23)24)8-13(11)18/h2-9H,18H2,1H3,(H,19,21)/t9-/m1/s1. The topological polar surface area (TPSA) is 125 Å². The molecule has 0 heterocycles. The highest BCUT2D eigenvalue weighted by Gasteiger charge is 2.22.